The quantitative estimate of drug-likeness (QED) is 0.784. The normalized spacial score (nSPS) is 38.1. The predicted octanol–water partition coefficient (Wildman–Crippen LogP) is 1.26. The van der Waals surface area contributed by atoms with Gasteiger partial charge in [0, 0.05) is 24.0 Å². The number of hydrogen-bond donors (Lipinski definition) is 1. The second-order valence-electron chi connectivity index (χ2n) is 5.99. The van der Waals surface area contributed by atoms with E-state index in [0.29, 0.717) is 29.6 Å². The molecular weight excluding hydrogens is 276 g/mol. The van der Waals surface area contributed by atoms with Crippen LogP contribution < -0.4 is 0 Å². The van der Waals surface area contributed by atoms with Crippen molar-refractivity contribution in [2.75, 3.05) is 0 Å². The second-order valence-corrected chi connectivity index (χ2v) is 5.99. The molecule has 21 heavy (non-hydrogen) atoms. The van der Waals surface area contributed by atoms with Crippen LogP contribution in [0.25, 0.3) is 0 Å². The van der Waals surface area contributed by atoms with E-state index in [-0.39, 0.29) is 12.1 Å². The molecule has 1 aromatic heterocycles. The Balaban J connectivity index is 1.84. The number of aliphatic hydroxyl groups is 1. The first kappa shape index (κ1) is 12.6. The third kappa shape index (κ3) is 1.56. The number of carbonyl (C=O) groups is 2. The van der Waals surface area contributed by atoms with Gasteiger partial charge in [0.05, 0.1) is 17.9 Å². The van der Waals surface area contributed by atoms with Crippen molar-refractivity contribution >= 4 is 11.9 Å². The molecule has 2 bridgehead atoms. The van der Waals surface area contributed by atoms with Gasteiger partial charge >= 0.3 is 11.9 Å². The van der Waals surface area contributed by atoms with Crippen LogP contribution >= 0.6 is 0 Å². The molecule has 1 aromatic rings. The van der Waals surface area contributed by atoms with Crippen molar-refractivity contribution in [2.45, 2.75) is 38.1 Å². The Hall–Kier alpha value is -2.08. The Labute approximate surface area is 120 Å². The van der Waals surface area contributed by atoms with Crippen molar-refractivity contribution in [3.63, 3.8) is 0 Å². The van der Waals surface area contributed by atoms with E-state index in [2.05, 4.69) is 0 Å². The van der Waals surface area contributed by atoms with Gasteiger partial charge in [0.25, 0.3) is 0 Å². The largest absolute Gasteiger partial charge is 0.472 e. The van der Waals surface area contributed by atoms with Crippen molar-refractivity contribution in [1.82, 2.24) is 0 Å². The number of rotatable bonds is 1. The van der Waals surface area contributed by atoms with Gasteiger partial charge in [-0.3, -0.25) is 4.79 Å². The van der Waals surface area contributed by atoms with Crippen LogP contribution in [0.15, 0.2) is 34.2 Å². The molecule has 110 valence electrons. The molecule has 4 rings (SSSR count). The van der Waals surface area contributed by atoms with Gasteiger partial charge < -0.3 is 19.0 Å². The zero-order valence-electron chi connectivity index (χ0n) is 11.4. The molecule has 2 aliphatic heterocycles. The highest BCUT2D eigenvalue weighted by Crippen LogP contribution is 2.53. The summed E-state index contributed by atoms with van der Waals surface area (Å²) < 4.78 is 15.6. The number of furan rings is 1. The highest BCUT2D eigenvalue weighted by atomic mass is 16.6. The van der Waals surface area contributed by atoms with E-state index >= 15 is 0 Å². The summed E-state index contributed by atoms with van der Waals surface area (Å²) in [7, 11) is 0. The summed E-state index contributed by atoms with van der Waals surface area (Å²) in [4.78, 5) is 24.4. The third-order valence-corrected chi connectivity index (χ3v) is 4.65. The monoisotopic (exact) mass is 290 g/mol. The minimum atomic E-state index is -1.06. The van der Waals surface area contributed by atoms with Crippen molar-refractivity contribution in [1.29, 1.82) is 0 Å². The molecule has 1 saturated heterocycles. The van der Waals surface area contributed by atoms with E-state index in [0.717, 1.165) is 0 Å². The number of carbonyl (C=O) groups excluding carboxylic acids is 2. The van der Waals surface area contributed by atoms with E-state index in [1.807, 2.05) is 0 Å². The first-order chi connectivity index (χ1) is 10.0. The molecule has 0 radical (unpaired) electrons. The van der Waals surface area contributed by atoms with Gasteiger partial charge in [-0.05, 0) is 18.6 Å². The van der Waals surface area contributed by atoms with Gasteiger partial charge in [0.1, 0.15) is 12.2 Å². The third-order valence-electron chi connectivity index (χ3n) is 4.65. The Kier molecular flexibility index (Phi) is 2.39. The molecule has 1 aliphatic carbocycles. The lowest BCUT2D eigenvalue weighted by molar-refractivity contribution is -0.154. The van der Waals surface area contributed by atoms with E-state index in [1.54, 1.807) is 13.0 Å². The topological polar surface area (TPSA) is 86.0 Å². The first-order valence-corrected chi connectivity index (χ1v) is 6.86. The lowest BCUT2D eigenvalue weighted by atomic mass is 9.68. The Bertz CT molecular complexity index is 658. The van der Waals surface area contributed by atoms with Crippen LogP contribution in [-0.2, 0) is 19.1 Å². The summed E-state index contributed by atoms with van der Waals surface area (Å²) in [5.41, 5.74) is 0.453. The molecule has 3 aliphatic rings. The average molecular weight is 290 g/mol. The second kappa shape index (κ2) is 3.98. The summed E-state index contributed by atoms with van der Waals surface area (Å²) in [6.45, 7) is 1.72. The molecule has 3 heterocycles. The van der Waals surface area contributed by atoms with Crippen LogP contribution in [0.4, 0.5) is 0 Å². The highest BCUT2D eigenvalue weighted by Gasteiger charge is 2.58. The molecule has 1 N–H and O–H groups in total. The van der Waals surface area contributed by atoms with E-state index in [1.165, 1.54) is 12.5 Å². The SMILES string of the molecule is CC12CC(CC3=C1C(O)C(c1ccoc1)OC3=O)OC2=O. The molecule has 4 unspecified atom stereocenters. The van der Waals surface area contributed by atoms with Crippen LogP contribution in [0, 0.1) is 5.41 Å². The fourth-order valence-electron chi connectivity index (χ4n) is 3.65. The van der Waals surface area contributed by atoms with Crippen molar-refractivity contribution in [3.05, 3.63) is 35.3 Å². The zero-order valence-corrected chi connectivity index (χ0v) is 11.4. The van der Waals surface area contributed by atoms with E-state index < -0.39 is 23.6 Å². The fraction of sp³-hybridized carbons (Fsp3) is 0.467. The maximum absolute atomic E-state index is 12.3. The number of cyclic esters (lactones) is 1. The molecule has 6 nitrogen and oxygen atoms in total. The smallest absolute Gasteiger partial charge is 0.334 e. The molecule has 0 spiro atoms. The lowest BCUT2D eigenvalue weighted by Gasteiger charge is -2.39. The number of ether oxygens (including phenoxy) is 2. The fourth-order valence-corrected chi connectivity index (χ4v) is 3.65. The molecule has 0 aromatic carbocycles. The summed E-state index contributed by atoms with van der Waals surface area (Å²) in [5.74, 6) is -0.868. The highest BCUT2D eigenvalue weighted by molar-refractivity contribution is 5.96. The lowest BCUT2D eigenvalue weighted by Crippen LogP contribution is -2.43. The molecule has 0 amide bonds. The zero-order chi connectivity index (χ0) is 14.8. The first-order valence-electron chi connectivity index (χ1n) is 6.86. The minimum Gasteiger partial charge on any atom is -0.472 e. The standard InChI is InChI=1S/C15H14O6/c1-15-5-8(20-14(15)18)4-9-10(15)11(16)12(21-13(9)17)7-2-3-19-6-7/h2-3,6,8,11-12,16H,4-5H2,1H3. The van der Waals surface area contributed by atoms with Gasteiger partial charge in [0.15, 0.2) is 6.10 Å². The summed E-state index contributed by atoms with van der Waals surface area (Å²) >= 11 is 0. The Morgan fingerprint density at radius 3 is 2.86 bits per heavy atom. The summed E-state index contributed by atoms with van der Waals surface area (Å²) in [5, 5.41) is 10.7. The molecule has 0 saturated carbocycles. The molecular formula is C15H14O6. The van der Waals surface area contributed by atoms with E-state index in [9.17, 15) is 14.7 Å². The maximum atomic E-state index is 12.3. The Morgan fingerprint density at radius 2 is 2.14 bits per heavy atom. The number of hydrogen-bond acceptors (Lipinski definition) is 6. The Morgan fingerprint density at radius 1 is 1.33 bits per heavy atom. The number of fused-ring (bicyclic) bond motifs is 3. The van der Waals surface area contributed by atoms with Crippen molar-refractivity contribution in [2.24, 2.45) is 5.41 Å². The minimum absolute atomic E-state index is 0.300. The predicted molar refractivity (Wildman–Crippen MR) is 67.8 cm³/mol. The maximum Gasteiger partial charge on any atom is 0.334 e. The number of aliphatic hydroxyl groups excluding tert-OH is 1. The van der Waals surface area contributed by atoms with Gasteiger partial charge in [-0.2, -0.15) is 0 Å². The van der Waals surface area contributed by atoms with Crippen LogP contribution in [-0.4, -0.2) is 29.3 Å². The van der Waals surface area contributed by atoms with Crippen molar-refractivity contribution in [3.8, 4) is 0 Å². The van der Waals surface area contributed by atoms with Gasteiger partial charge in [-0.1, -0.05) is 0 Å². The van der Waals surface area contributed by atoms with Crippen LogP contribution in [0.2, 0.25) is 0 Å². The van der Waals surface area contributed by atoms with Crippen LogP contribution in [0.1, 0.15) is 31.4 Å². The molecule has 6 heteroatoms. The number of esters is 2. The van der Waals surface area contributed by atoms with E-state index in [4.69, 9.17) is 13.9 Å². The van der Waals surface area contributed by atoms with Crippen LogP contribution in [0.5, 0.6) is 0 Å². The molecule has 4 atom stereocenters. The summed E-state index contributed by atoms with van der Waals surface area (Å²) in [6.07, 6.45) is 1.46. The van der Waals surface area contributed by atoms with Gasteiger partial charge in [0.2, 0.25) is 0 Å². The van der Waals surface area contributed by atoms with Gasteiger partial charge in [-0.25, -0.2) is 4.79 Å². The average Bonchev–Trinajstić information content (AvgIpc) is 3.02. The van der Waals surface area contributed by atoms with Crippen LogP contribution in [0.3, 0.4) is 0 Å². The molecule has 1 fully saturated rings. The van der Waals surface area contributed by atoms with Crippen molar-refractivity contribution < 1.29 is 28.6 Å². The van der Waals surface area contributed by atoms with Gasteiger partial charge in [-0.15, -0.1) is 0 Å². The summed E-state index contributed by atoms with van der Waals surface area (Å²) in [6, 6.07) is 1.63.